The molecule has 25 heavy (non-hydrogen) atoms. The van der Waals surface area contributed by atoms with E-state index in [4.69, 9.17) is 0 Å². The van der Waals surface area contributed by atoms with Crippen LogP contribution in [0.4, 0.5) is 10.1 Å². The Labute approximate surface area is 151 Å². The van der Waals surface area contributed by atoms with Gasteiger partial charge in [-0.1, -0.05) is 0 Å². The maximum atomic E-state index is 13.6. The van der Waals surface area contributed by atoms with Gasteiger partial charge in [-0.15, -0.1) is 0 Å². The fourth-order valence-electron chi connectivity index (χ4n) is 3.49. The lowest BCUT2D eigenvalue weighted by molar-refractivity contribution is -0.127. The average molecular weight is 365 g/mol. The minimum Gasteiger partial charge on any atom is -0.353 e. The zero-order chi connectivity index (χ0) is 17.8. The van der Waals surface area contributed by atoms with Crippen LogP contribution < -0.4 is 10.6 Å². The highest BCUT2D eigenvalue weighted by Crippen LogP contribution is 2.33. The molecule has 1 aromatic rings. The summed E-state index contributed by atoms with van der Waals surface area (Å²) < 4.78 is 13.6. The van der Waals surface area contributed by atoms with Crippen molar-refractivity contribution in [1.29, 1.82) is 0 Å². The van der Waals surface area contributed by atoms with Gasteiger partial charge in [0.05, 0.1) is 5.92 Å². The molecule has 3 rings (SSSR count). The van der Waals surface area contributed by atoms with Crippen LogP contribution in [-0.4, -0.2) is 54.4 Å². The van der Waals surface area contributed by atoms with Crippen LogP contribution in [0.15, 0.2) is 18.2 Å². The highest BCUT2D eigenvalue weighted by molar-refractivity contribution is 7.98. The molecule has 0 saturated carbocycles. The Morgan fingerprint density at radius 3 is 2.88 bits per heavy atom. The number of halogens is 1. The number of carbonyl (C=O) groups excluding carboxylic acids is 2. The van der Waals surface area contributed by atoms with Gasteiger partial charge in [-0.3, -0.25) is 9.59 Å². The van der Waals surface area contributed by atoms with Gasteiger partial charge in [0.15, 0.2) is 0 Å². The Balaban J connectivity index is 1.61. The smallest absolute Gasteiger partial charge is 0.228 e. The molecule has 7 heteroatoms. The molecule has 1 saturated heterocycles. The first kappa shape index (κ1) is 18.2. The van der Waals surface area contributed by atoms with Crippen LogP contribution >= 0.6 is 11.8 Å². The first-order valence-corrected chi connectivity index (χ1v) is 10.1. The fraction of sp³-hybridized carbons (Fsp3) is 0.556. The van der Waals surface area contributed by atoms with Crippen molar-refractivity contribution in [2.45, 2.75) is 31.2 Å². The fourth-order valence-corrected chi connectivity index (χ4v) is 3.93. The first-order valence-electron chi connectivity index (χ1n) is 8.68. The van der Waals surface area contributed by atoms with Gasteiger partial charge < -0.3 is 15.5 Å². The van der Waals surface area contributed by atoms with E-state index in [2.05, 4.69) is 21.8 Å². The van der Waals surface area contributed by atoms with Gasteiger partial charge in [0.2, 0.25) is 11.8 Å². The summed E-state index contributed by atoms with van der Waals surface area (Å²) in [5.74, 6) is -0.268. The van der Waals surface area contributed by atoms with Crippen LogP contribution in [0.1, 0.15) is 30.7 Å². The van der Waals surface area contributed by atoms with Crippen LogP contribution in [-0.2, 0) is 9.59 Å². The molecule has 2 heterocycles. The molecule has 1 aromatic carbocycles. The van der Waals surface area contributed by atoms with Crippen LogP contribution in [0.2, 0.25) is 0 Å². The predicted molar refractivity (Wildman–Crippen MR) is 98.4 cm³/mol. The number of amides is 2. The highest BCUT2D eigenvalue weighted by Gasteiger charge is 2.32. The maximum absolute atomic E-state index is 13.6. The molecular weight excluding hydrogens is 341 g/mol. The van der Waals surface area contributed by atoms with Gasteiger partial charge in [-0.05, 0) is 42.9 Å². The van der Waals surface area contributed by atoms with E-state index in [9.17, 15) is 14.0 Å². The summed E-state index contributed by atoms with van der Waals surface area (Å²) in [6, 6.07) is 4.29. The minimum absolute atomic E-state index is 0.0643. The van der Waals surface area contributed by atoms with Crippen molar-refractivity contribution >= 4 is 29.3 Å². The van der Waals surface area contributed by atoms with Crippen molar-refractivity contribution in [3.63, 3.8) is 0 Å². The van der Waals surface area contributed by atoms with Gasteiger partial charge in [0.1, 0.15) is 5.82 Å². The summed E-state index contributed by atoms with van der Waals surface area (Å²) in [5, 5.41) is 5.78. The SMILES string of the molecule is CSCCN1CCC(NC(=O)[C@@H]2CC(=O)Nc3ccc(F)cc32)CC1. The number of thioether (sulfide) groups is 1. The van der Waals surface area contributed by atoms with Crippen LogP contribution in [0.3, 0.4) is 0 Å². The second-order valence-electron chi connectivity index (χ2n) is 6.65. The average Bonchev–Trinajstić information content (AvgIpc) is 2.60. The standard InChI is InChI=1S/C18H24FN3O2S/c1-25-9-8-22-6-4-13(5-7-22)20-18(24)15-11-17(23)21-16-3-2-12(19)10-14(15)16/h2-3,10,13,15H,4-9,11H2,1H3,(H,20,24)(H,21,23)/t15-/m1/s1. The predicted octanol–water partition coefficient (Wildman–Crippen LogP) is 2.20. The van der Waals surface area contributed by atoms with Crippen molar-refractivity contribution in [1.82, 2.24) is 10.2 Å². The minimum atomic E-state index is -0.617. The lowest BCUT2D eigenvalue weighted by Gasteiger charge is -2.33. The topological polar surface area (TPSA) is 61.4 Å². The molecule has 5 nitrogen and oxygen atoms in total. The molecule has 0 bridgehead atoms. The molecule has 0 aromatic heterocycles. The normalized spacial score (nSPS) is 21.5. The number of likely N-dealkylation sites (tertiary alicyclic amines) is 1. The summed E-state index contributed by atoms with van der Waals surface area (Å²) in [6.07, 6.45) is 3.99. The van der Waals surface area contributed by atoms with E-state index in [1.165, 1.54) is 18.2 Å². The third-order valence-corrected chi connectivity index (χ3v) is 5.51. The summed E-state index contributed by atoms with van der Waals surface area (Å²) in [5.41, 5.74) is 1.10. The molecule has 0 radical (unpaired) electrons. The number of fused-ring (bicyclic) bond motifs is 1. The van der Waals surface area contributed by atoms with Gasteiger partial charge in [0.25, 0.3) is 0 Å². The molecular formula is C18H24FN3O2S. The Kier molecular flexibility index (Phi) is 5.96. The first-order chi connectivity index (χ1) is 12.1. The Bertz CT molecular complexity index is 647. The zero-order valence-electron chi connectivity index (χ0n) is 14.4. The Morgan fingerprint density at radius 2 is 2.16 bits per heavy atom. The summed E-state index contributed by atoms with van der Waals surface area (Å²) in [7, 11) is 0. The number of rotatable bonds is 5. The lowest BCUT2D eigenvalue weighted by Crippen LogP contribution is -2.47. The number of anilines is 1. The second kappa shape index (κ2) is 8.19. The number of hydrogen-bond donors (Lipinski definition) is 2. The van der Waals surface area contributed by atoms with Crippen molar-refractivity contribution < 1.29 is 14.0 Å². The van der Waals surface area contributed by atoms with Crippen molar-refractivity contribution in [3.8, 4) is 0 Å². The van der Waals surface area contributed by atoms with Gasteiger partial charge in [0, 0.05) is 43.5 Å². The molecule has 2 N–H and O–H groups in total. The Hall–Kier alpha value is -1.60. The molecule has 0 spiro atoms. The van der Waals surface area contributed by atoms with E-state index in [-0.39, 0.29) is 24.3 Å². The van der Waals surface area contributed by atoms with E-state index in [0.29, 0.717) is 11.3 Å². The maximum Gasteiger partial charge on any atom is 0.228 e. The molecule has 136 valence electrons. The quantitative estimate of drug-likeness (QED) is 0.840. The molecule has 1 atom stereocenters. The summed E-state index contributed by atoms with van der Waals surface area (Å²) >= 11 is 1.84. The lowest BCUT2D eigenvalue weighted by atomic mass is 9.89. The third-order valence-electron chi connectivity index (χ3n) is 4.91. The van der Waals surface area contributed by atoms with Crippen LogP contribution in [0.5, 0.6) is 0 Å². The monoisotopic (exact) mass is 365 g/mol. The van der Waals surface area contributed by atoms with E-state index < -0.39 is 11.7 Å². The van der Waals surface area contributed by atoms with Crippen molar-refractivity contribution in [2.75, 3.05) is 37.0 Å². The van der Waals surface area contributed by atoms with E-state index in [1.54, 1.807) is 0 Å². The second-order valence-corrected chi connectivity index (χ2v) is 7.64. The summed E-state index contributed by atoms with van der Waals surface area (Å²) in [6.45, 7) is 3.03. The summed E-state index contributed by atoms with van der Waals surface area (Å²) in [4.78, 5) is 27.0. The van der Waals surface area contributed by atoms with Gasteiger partial charge in [-0.2, -0.15) is 11.8 Å². The number of hydrogen-bond acceptors (Lipinski definition) is 4. The van der Waals surface area contributed by atoms with E-state index in [1.807, 2.05) is 11.8 Å². The van der Waals surface area contributed by atoms with Crippen molar-refractivity contribution in [2.24, 2.45) is 0 Å². The number of nitrogens with zero attached hydrogens (tertiary/aromatic N) is 1. The highest BCUT2D eigenvalue weighted by atomic mass is 32.2. The van der Waals surface area contributed by atoms with E-state index >= 15 is 0 Å². The van der Waals surface area contributed by atoms with Gasteiger partial charge >= 0.3 is 0 Å². The zero-order valence-corrected chi connectivity index (χ0v) is 15.2. The van der Waals surface area contributed by atoms with Crippen molar-refractivity contribution in [3.05, 3.63) is 29.6 Å². The number of carbonyl (C=O) groups is 2. The molecule has 2 aliphatic rings. The molecule has 2 amide bonds. The Morgan fingerprint density at radius 1 is 1.40 bits per heavy atom. The number of nitrogens with one attached hydrogen (secondary N) is 2. The number of benzene rings is 1. The molecule has 2 aliphatic heterocycles. The molecule has 0 unspecified atom stereocenters. The molecule has 1 fully saturated rings. The van der Waals surface area contributed by atoms with E-state index in [0.717, 1.165) is 38.2 Å². The largest absolute Gasteiger partial charge is 0.353 e. The third kappa shape index (κ3) is 4.52. The molecule has 0 aliphatic carbocycles. The van der Waals surface area contributed by atoms with Gasteiger partial charge in [-0.25, -0.2) is 4.39 Å². The van der Waals surface area contributed by atoms with Crippen LogP contribution in [0, 0.1) is 5.82 Å². The van der Waals surface area contributed by atoms with Crippen LogP contribution in [0.25, 0.3) is 0 Å². The number of piperidine rings is 1.